The van der Waals surface area contributed by atoms with E-state index < -0.39 is 10.0 Å². The standard InChI is InChI=1S/C27H25BrN4O3S2/c1-16-7-9-19(20(28)14-16)23-11-12-24(35-23)26-25(22-6-4-5-13-29-22)30-27(36)32(26)18-8-10-21(17(2)15-18)31-37(3,33)34/h4-15,25-26,31H,1-3H3,(H,30,36)/t25-,26+/m1/s1. The number of rotatable bonds is 6. The minimum absolute atomic E-state index is 0.261. The Morgan fingerprint density at radius 2 is 1.89 bits per heavy atom. The second-order valence-electron chi connectivity index (χ2n) is 9.06. The molecule has 7 nitrogen and oxygen atoms in total. The van der Waals surface area contributed by atoms with Gasteiger partial charge < -0.3 is 14.6 Å². The molecule has 4 aromatic rings. The molecule has 0 saturated carbocycles. The Morgan fingerprint density at radius 3 is 2.57 bits per heavy atom. The zero-order chi connectivity index (χ0) is 26.3. The van der Waals surface area contributed by atoms with E-state index in [2.05, 4.69) is 37.0 Å². The fraction of sp³-hybridized carbons (Fsp3) is 0.185. The molecular weight excluding hydrogens is 572 g/mol. The lowest BCUT2D eigenvalue weighted by molar-refractivity contribution is 0.439. The molecule has 2 aromatic carbocycles. The maximum atomic E-state index is 11.8. The maximum Gasteiger partial charge on any atom is 0.229 e. The Kier molecular flexibility index (Phi) is 6.82. The van der Waals surface area contributed by atoms with Gasteiger partial charge in [-0.05, 0) is 91.8 Å². The predicted octanol–water partition coefficient (Wildman–Crippen LogP) is 6.27. The topological polar surface area (TPSA) is 87.5 Å². The maximum absolute atomic E-state index is 11.8. The van der Waals surface area contributed by atoms with E-state index in [1.807, 2.05) is 73.3 Å². The molecule has 3 heterocycles. The minimum Gasteiger partial charge on any atom is -0.459 e. The monoisotopic (exact) mass is 596 g/mol. The van der Waals surface area contributed by atoms with Crippen LogP contribution in [0.5, 0.6) is 0 Å². The smallest absolute Gasteiger partial charge is 0.229 e. The molecular formula is C27H25BrN4O3S2. The molecule has 2 N–H and O–H groups in total. The van der Waals surface area contributed by atoms with Gasteiger partial charge in [0, 0.05) is 21.9 Å². The Balaban J connectivity index is 1.59. The van der Waals surface area contributed by atoms with Crippen molar-refractivity contribution in [2.45, 2.75) is 25.9 Å². The van der Waals surface area contributed by atoms with E-state index in [0.29, 0.717) is 10.8 Å². The lowest BCUT2D eigenvalue weighted by Gasteiger charge is -2.26. The summed E-state index contributed by atoms with van der Waals surface area (Å²) < 4.78 is 33.5. The van der Waals surface area contributed by atoms with Crippen LogP contribution < -0.4 is 14.9 Å². The minimum atomic E-state index is -3.40. The number of pyridine rings is 1. The molecule has 5 rings (SSSR count). The average Bonchev–Trinajstić information content (AvgIpc) is 3.45. The number of nitrogens with zero attached hydrogens (tertiary/aromatic N) is 2. The van der Waals surface area contributed by atoms with Gasteiger partial charge in [-0.2, -0.15) is 0 Å². The molecule has 0 bridgehead atoms. The first-order valence-electron chi connectivity index (χ1n) is 11.6. The quantitative estimate of drug-likeness (QED) is 0.254. The van der Waals surface area contributed by atoms with Crippen molar-refractivity contribution >= 4 is 54.7 Å². The summed E-state index contributed by atoms with van der Waals surface area (Å²) >= 11 is 9.46. The molecule has 0 spiro atoms. The largest absolute Gasteiger partial charge is 0.459 e. The highest BCUT2D eigenvalue weighted by Crippen LogP contribution is 2.44. The van der Waals surface area contributed by atoms with E-state index in [4.69, 9.17) is 16.6 Å². The molecule has 37 heavy (non-hydrogen) atoms. The highest BCUT2D eigenvalue weighted by Gasteiger charge is 2.42. The average molecular weight is 598 g/mol. The van der Waals surface area contributed by atoms with E-state index in [1.165, 1.54) is 0 Å². The van der Waals surface area contributed by atoms with Crippen LogP contribution in [0, 0.1) is 13.8 Å². The van der Waals surface area contributed by atoms with E-state index in [1.54, 1.807) is 12.3 Å². The number of anilines is 2. The van der Waals surface area contributed by atoms with Crippen LogP contribution in [0.15, 0.2) is 81.8 Å². The number of nitrogens with one attached hydrogen (secondary N) is 2. The van der Waals surface area contributed by atoms with Crippen LogP contribution in [0.2, 0.25) is 0 Å². The number of sulfonamides is 1. The van der Waals surface area contributed by atoms with Crippen LogP contribution in [0.1, 0.15) is 34.7 Å². The summed E-state index contributed by atoms with van der Waals surface area (Å²) in [6.07, 6.45) is 2.89. The summed E-state index contributed by atoms with van der Waals surface area (Å²) in [6.45, 7) is 3.90. The molecule has 0 unspecified atom stereocenters. The lowest BCUT2D eigenvalue weighted by Crippen LogP contribution is -2.29. The van der Waals surface area contributed by atoms with Crippen molar-refractivity contribution in [1.29, 1.82) is 0 Å². The molecule has 1 aliphatic rings. The summed E-state index contributed by atoms with van der Waals surface area (Å²) in [5.41, 5.74) is 5.05. The molecule has 2 aromatic heterocycles. The van der Waals surface area contributed by atoms with Crippen molar-refractivity contribution in [3.8, 4) is 11.3 Å². The van der Waals surface area contributed by atoms with Crippen molar-refractivity contribution in [3.05, 3.63) is 100.0 Å². The van der Waals surface area contributed by atoms with Gasteiger partial charge in [-0.3, -0.25) is 9.71 Å². The van der Waals surface area contributed by atoms with Crippen molar-refractivity contribution in [2.24, 2.45) is 0 Å². The first-order valence-corrected chi connectivity index (χ1v) is 14.7. The zero-order valence-corrected chi connectivity index (χ0v) is 23.6. The summed E-state index contributed by atoms with van der Waals surface area (Å²) in [6, 6.07) is 20.8. The van der Waals surface area contributed by atoms with Crippen molar-refractivity contribution in [3.63, 3.8) is 0 Å². The Hall–Kier alpha value is -3.21. The number of hydrogen-bond acceptors (Lipinski definition) is 5. The van der Waals surface area contributed by atoms with Crippen LogP contribution in [-0.2, 0) is 10.0 Å². The second-order valence-corrected chi connectivity index (χ2v) is 12.0. The molecule has 1 saturated heterocycles. The fourth-order valence-corrected chi connectivity index (χ4v) is 6.17. The van der Waals surface area contributed by atoms with Crippen LogP contribution in [0.4, 0.5) is 11.4 Å². The summed E-state index contributed by atoms with van der Waals surface area (Å²) in [7, 11) is -3.40. The van der Waals surface area contributed by atoms with Gasteiger partial charge in [-0.1, -0.05) is 28.1 Å². The van der Waals surface area contributed by atoms with Gasteiger partial charge in [0.05, 0.1) is 23.7 Å². The summed E-state index contributed by atoms with van der Waals surface area (Å²) in [5, 5.41) is 3.95. The van der Waals surface area contributed by atoms with Crippen LogP contribution in [0.25, 0.3) is 11.3 Å². The van der Waals surface area contributed by atoms with Crippen molar-refractivity contribution in [2.75, 3.05) is 15.9 Å². The highest BCUT2D eigenvalue weighted by molar-refractivity contribution is 9.10. The third-order valence-corrected chi connectivity index (χ3v) is 7.75. The lowest BCUT2D eigenvalue weighted by atomic mass is 10.0. The van der Waals surface area contributed by atoms with Crippen molar-refractivity contribution in [1.82, 2.24) is 10.3 Å². The van der Waals surface area contributed by atoms with Crippen LogP contribution >= 0.6 is 28.1 Å². The molecule has 10 heteroatoms. The van der Waals surface area contributed by atoms with Gasteiger partial charge in [0.15, 0.2) is 5.11 Å². The SMILES string of the molecule is Cc1ccc(-c2ccc([C@H]3[C@@H](c4ccccn4)NC(=S)N3c3ccc(NS(C)(=O)=O)c(C)c3)o2)c(Br)c1. The molecule has 190 valence electrons. The second kappa shape index (κ2) is 9.92. The van der Waals surface area contributed by atoms with E-state index in [0.717, 1.165) is 50.3 Å². The van der Waals surface area contributed by atoms with E-state index in [9.17, 15) is 8.42 Å². The first kappa shape index (κ1) is 25.4. The molecule has 1 aliphatic heterocycles. The highest BCUT2D eigenvalue weighted by atomic mass is 79.9. The zero-order valence-electron chi connectivity index (χ0n) is 20.4. The first-order chi connectivity index (χ1) is 17.6. The fourth-order valence-electron chi connectivity index (χ4n) is 4.51. The number of thiocarbonyl (C=S) groups is 1. The number of benzene rings is 2. The van der Waals surface area contributed by atoms with Gasteiger partial charge in [-0.15, -0.1) is 0 Å². The molecule has 2 atom stereocenters. The number of aryl methyl sites for hydroxylation is 2. The number of aromatic nitrogens is 1. The number of hydrogen-bond donors (Lipinski definition) is 2. The molecule has 0 aliphatic carbocycles. The van der Waals surface area contributed by atoms with Crippen LogP contribution in [-0.4, -0.2) is 24.8 Å². The summed E-state index contributed by atoms with van der Waals surface area (Å²) in [5.74, 6) is 1.46. The third kappa shape index (κ3) is 5.27. The van der Waals surface area contributed by atoms with Crippen LogP contribution in [0.3, 0.4) is 0 Å². The molecule has 1 fully saturated rings. The van der Waals surface area contributed by atoms with Gasteiger partial charge in [0.25, 0.3) is 0 Å². The molecule has 0 radical (unpaired) electrons. The van der Waals surface area contributed by atoms with Gasteiger partial charge in [0.1, 0.15) is 17.6 Å². The normalized spacial score (nSPS) is 17.6. The van der Waals surface area contributed by atoms with Gasteiger partial charge in [0.2, 0.25) is 10.0 Å². The number of halogens is 1. The van der Waals surface area contributed by atoms with Gasteiger partial charge >= 0.3 is 0 Å². The Morgan fingerprint density at radius 1 is 1.08 bits per heavy atom. The number of furan rings is 1. The Bertz CT molecular complexity index is 1590. The molecule has 0 amide bonds. The Labute approximate surface area is 230 Å². The predicted molar refractivity (Wildman–Crippen MR) is 154 cm³/mol. The summed E-state index contributed by atoms with van der Waals surface area (Å²) in [4.78, 5) is 6.58. The van der Waals surface area contributed by atoms with Gasteiger partial charge in [-0.25, -0.2) is 8.42 Å². The van der Waals surface area contributed by atoms with Crippen molar-refractivity contribution < 1.29 is 12.8 Å². The van der Waals surface area contributed by atoms with E-state index >= 15 is 0 Å². The van der Waals surface area contributed by atoms with E-state index in [-0.39, 0.29) is 12.1 Å². The third-order valence-electron chi connectivity index (χ3n) is 6.19.